The van der Waals surface area contributed by atoms with Crippen LogP contribution in [0.15, 0.2) is 24.3 Å². The molecule has 0 radical (unpaired) electrons. The van der Waals surface area contributed by atoms with E-state index >= 15 is 0 Å². The third-order valence-electron chi connectivity index (χ3n) is 3.61. The van der Waals surface area contributed by atoms with Crippen LogP contribution in [0.5, 0.6) is 5.75 Å². The standard InChI is InChI=1S/C14H16F3NO3/c1-9-7-21-11-6-4-3-5-10(11)14(9,12(19)20-2)18-8-13(15,16)17/h3-6,9,18H,7-8H2,1-2H3. The number of methoxy groups -OCH3 is 1. The zero-order valence-electron chi connectivity index (χ0n) is 11.7. The largest absolute Gasteiger partial charge is 0.493 e. The van der Waals surface area contributed by atoms with Gasteiger partial charge in [-0.25, -0.2) is 4.79 Å². The summed E-state index contributed by atoms with van der Waals surface area (Å²) in [6, 6.07) is 6.53. The average Bonchev–Trinajstić information content (AvgIpc) is 2.45. The number of hydrogen-bond acceptors (Lipinski definition) is 4. The third-order valence-corrected chi connectivity index (χ3v) is 3.61. The van der Waals surface area contributed by atoms with Gasteiger partial charge in [-0.15, -0.1) is 0 Å². The van der Waals surface area contributed by atoms with E-state index in [1.54, 1.807) is 31.2 Å². The van der Waals surface area contributed by atoms with Crippen LogP contribution in [0, 0.1) is 5.92 Å². The highest BCUT2D eigenvalue weighted by Crippen LogP contribution is 2.41. The van der Waals surface area contributed by atoms with Gasteiger partial charge in [-0.1, -0.05) is 25.1 Å². The number of carbonyl (C=O) groups is 1. The second-order valence-electron chi connectivity index (χ2n) is 4.98. The summed E-state index contributed by atoms with van der Waals surface area (Å²) < 4.78 is 48.1. The van der Waals surface area contributed by atoms with Crippen molar-refractivity contribution >= 4 is 5.97 Å². The third kappa shape index (κ3) is 2.83. The number of ether oxygens (including phenoxy) is 2. The minimum absolute atomic E-state index is 0.122. The number of nitrogens with one attached hydrogen (secondary N) is 1. The van der Waals surface area contributed by atoms with Crippen molar-refractivity contribution in [1.29, 1.82) is 0 Å². The quantitative estimate of drug-likeness (QED) is 0.870. The zero-order chi connectivity index (χ0) is 15.7. The highest BCUT2D eigenvalue weighted by Gasteiger charge is 2.52. The Hall–Kier alpha value is -1.76. The van der Waals surface area contributed by atoms with E-state index in [2.05, 4.69) is 5.32 Å². The van der Waals surface area contributed by atoms with Gasteiger partial charge in [0.05, 0.1) is 20.3 Å². The van der Waals surface area contributed by atoms with E-state index < -0.39 is 30.1 Å². The molecule has 1 aliphatic heterocycles. The molecule has 1 aliphatic rings. The lowest BCUT2D eigenvalue weighted by Gasteiger charge is -2.42. The Labute approximate surface area is 120 Å². The lowest BCUT2D eigenvalue weighted by Crippen LogP contribution is -2.59. The second kappa shape index (κ2) is 5.55. The first-order valence-electron chi connectivity index (χ1n) is 6.43. The lowest BCUT2D eigenvalue weighted by atomic mass is 9.77. The molecule has 21 heavy (non-hydrogen) atoms. The molecule has 116 valence electrons. The molecule has 0 aliphatic carbocycles. The molecule has 0 amide bonds. The van der Waals surface area contributed by atoms with Crippen LogP contribution in [0.3, 0.4) is 0 Å². The van der Waals surface area contributed by atoms with Crippen LogP contribution < -0.4 is 10.1 Å². The molecule has 1 aromatic rings. The molecule has 0 saturated carbocycles. The van der Waals surface area contributed by atoms with E-state index in [-0.39, 0.29) is 6.61 Å². The summed E-state index contributed by atoms with van der Waals surface area (Å²) >= 11 is 0. The Morgan fingerprint density at radius 2 is 2.14 bits per heavy atom. The highest BCUT2D eigenvalue weighted by molar-refractivity contribution is 5.84. The van der Waals surface area contributed by atoms with Crippen LogP contribution in [-0.4, -0.2) is 32.4 Å². The highest BCUT2D eigenvalue weighted by atomic mass is 19.4. The van der Waals surface area contributed by atoms with E-state index in [1.807, 2.05) is 0 Å². The van der Waals surface area contributed by atoms with Crippen molar-refractivity contribution in [3.8, 4) is 5.75 Å². The summed E-state index contributed by atoms with van der Waals surface area (Å²) in [5.41, 5.74) is -1.21. The average molecular weight is 303 g/mol. The molecule has 0 aromatic heterocycles. The van der Waals surface area contributed by atoms with Gasteiger partial charge in [0.1, 0.15) is 5.75 Å². The van der Waals surface area contributed by atoms with Crippen LogP contribution >= 0.6 is 0 Å². The van der Waals surface area contributed by atoms with E-state index in [0.29, 0.717) is 11.3 Å². The van der Waals surface area contributed by atoms with Crippen LogP contribution in [0.4, 0.5) is 13.2 Å². The summed E-state index contributed by atoms with van der Waals surface area (Å²) in [6.45, 7) is 0.480. The fourth-order valence-corrected chi connectivity index (χ4v) is 2.58. The van der Waals surface area contributed by atoms with Crippen molar-refractivity contribution < 1.29 is 27.4 Å². The van der Waals surface area contributed by atoms with Crippen LogP contribution in [0.25, 0.3) is 0 Å². The number of para-hydroxylation sites is 1. The molecule has 2 rings (SSSR count). The smallest absolute Gasteiger partial charge is 0.401 e. The number of hydrogen-bond donors (Lipinski definition) is 1. The molecule has 0 bridgehead atoms. The molecule has 4 nitrogen and oxygen atoms in total. The summed E-state index contributed by atoms with van der Waals surface area (Å²) in [5.74, 6) is -0.882. The van der Waals surface area contributed by atoms with Gasteiger partial charge in [0.2, 0.25) is 0 Å². The van der Waals surface area contributed by atoms with Gasteiger partial charge in [-0.2, -0.15) is 13.2 Å². The number of carbonyl (C=O) groups excluding carboxylic acids is 1. The van der Waals surface area contributed by atoms with Crippen LogP contribution in [0.2, 0.25) is 0 Å². The van der Waals surface area contributed by atoms with Gasteiger partial charge in [0.15, 0.2) is 5.54 Å². The molecule has 0 fully saturated rings. The summed E-state index contributed by atoms with van der Waals surface area (Å²) in [5, 5.41) is 2.35. The molecule has 7 heteroatoms. The van der Waals surface area contributed by atoms with Crippen molar-refractivity contribution in [3.05, 3.63) is 29.8 Å². The SMILES string of the molecule is COC(=O)C1(NCC(F)(F)F)c2ccccc2OCC1C. The number of esters is 1. The van der Waals surface area contributed by atoms with Gasteiger partial charge < -0.3 is 9.47 Å². The van der Waals surface area contributed by atoms with Crippen LogP contribution in [-0.2, 0) is 15.1 Å². The van der Waals surface area contributed by atoms with Gasteiger partial charge in [0.25, 0.3) is 0 Å². The van der Waals surface area contributed by atoms with E-state index in [9.17, 15) is 18.0 Å². The van der Waals surface area contributed by atoms with Crippen molar-refractivity contribution in [2.24, 2.45) is 5.92 Å². The molecule has 1 heterocycles. The normalized spacial score (nSPS) is 24.9. The maximum absolute atomic E-state index is 12.6. The van der Waals surface area contributed by atoms with Crippen LogP contribution in [0.1, 0.15) is 12.5 Å². The van der Waals surface area contributed by atoms with Gasteiger partial charge in [0, 0.05) is 11.5 Å². The van der Waals surface area contributed by atoms with E-state index in [0.717, 1.165) is 7.11 Å². The minimum Gasteiger partial charge on any atom is -0.493 e. The van der Waals surface area contributed by atoms with Gasteiger partial charge in [-0.05, 0) is 6.07 Å². The van der Waals surface area contributed by atoms with Gasteiger partial charge in [-0.3, -0.25) is 5.32 Å². The summed E-state index contributed by atoms with van der Waals surface area (Å²) in [4.78, 5) is 12.3. The number of benzene rings is 1. The molecular formula is C14H16F3NO3. The molecule has 0 saturated heterocycles. The fourth-order valence-electron chi connectivity index (χ4n) is 2.58. The predicted molar refractivity (Wildman–Crippen MR) is 68.9 cm³/mol. The monoisotopic (exact) mass is 303 g/mol. The first-order chi connectivity index (χ1) is 9.81. The van der Waals surface area contributed by atoms with Crippen molar-refractivity contribution in [2.75, 3.05) is 20.3 Å². The second-order valence-corrected chi connectivity index (χ2v) is 4.98. The Balaban J connectivity index is 2.50. The number of halogens is 3. The Morgan fingerprint density at radius 3 is 2.76 bits per heavy atom. The lowest BCUT2D eigenvalue weighted by molar-refractivity contribution is -0.159. The minimum atomic E-state index is -4.44. The topological polar surface area (TPSA) is 47.6 Å². The molecule has 0 spiro atoms. The summed E-state index contributed by atoms with van der Waals surface area (Å²) in [7, 11) is 1.16. The Morgan fingerprint density at radius 1 is 1.48 bits per heavy atom. The van der Waals surface area contributed by atoms with E-state index in [4.69, 9.17) is 9.47 Å². The molecular weight excluding hydrogens is 287 g/mol. The number of alkyl halides is 3. The molecule has 1 aromatic carbocycles. The van der Waals surface area contributed by atoms with Crippen molar-refractivity contribution in [2.45, 2.75) is 18.6 Å². The number of fused-ring (bicyclic) bond motifs is 1. The Kier molecular flexibility index (Phi) is 4.13. The van der Waals surface area contributed by atoms with Crippen molar-refractivity contribution in [1.82, 2.24) is 5.32 Å². The maximum atomic E-state index is 12.6. The van der Waals surface area contributed by atoms with E-state index in [1.165, 1.54) is 0 Å². The number of rotatable bonds is 3. The molecule has 2 atom stereocenters. The molecule has 1 N–H and O–H groups in total. The predicted octanol–water partition coefficient (Wildman–Crippen LogP) is 2.24. The molecule has 2 unspecified atom stereocenters. The maximum Gasteiger partial charge on any atom is 0.401 e. The summed E-state index contributed by atoms with van der Waals surface area (Å²) in [6.07, 6.45) is -4.44. The zero-order valence-corrected chi connectivity index (χ0v) is 11.7. The first kappa shape index (κ1) is 15.6. The fraction of sp³-hybridized carbons (Fsp3) is 0.500. The Bertz CT molecular complexity index is 532. The van der Waals surface area contributed by atoms with Gasteiger partial charge >= 0.3 is 12.1 Å². The van der Waals surface area contributed by atoms with Crippen molar-refractivity contribution in [3.63, 3.8) is 0 Å². The first-order valence-corrected chi connectivity index (χ1v) is 6.43.